The standard InChI is InChI=1S/C19H14N2O/c1-11-13-3-2-7-21-19(13)15-4-5-16-18(17(11)15)14-6-8-20-9-12(14)10-22-16/h2-9,11H,10H2,1H3. The maximum atomic E-state index is 5.96. The van der Waals surface area contributed by atoms with Gasteiger partial charge in [0, 0.05) is 41.2 Å². The number of ether oxygens (including phenoxy) is 1. The van der Waals surface area contributed by atoms with Gasteiger partial charge in [0.1, 0.15) is 12.4 Å². The normalized spacial score (nSPS) is 17.0. The van der Waals surface area contributed by atoms with Crippen molar-refractivity contribution < 1.29 is 4.74 Å². The molecule has 0 amide bonds. The number of fused-ring (bicyclic) bond motifs is 7. The van der Waals surface area contributed by atoms with Crippen LogP contribution in [0.2, 0.25) is 0 Å². The lowest BCUT2D eigenvalue weighted by Gasteiger charge is -2.24. The molecule has 0 fully saturated rings. The molecule has 1 aliphatic carbocycles. The number of benzene rings is 1. The minimum absolute atomic E-state index is 0.330. The second-order valence-electron chi connectivity index (χ2n) is 5.88. The van der Waals surface area contributed by atoms with Gasteiger partial charge in [0.2, 0.25) is 0 Å². The van der Waals surface area contributed by atoms with E-state index in [4.69, 9.17) is 4.74 Å². The van der Waals surface area contributed by atoms with Crippen molar-refractivity contribution in [1.29, 1.82) is 0 Å². The first kappa shape index (κ1) is 11.9. The number of pyridine rings is 2. The van der Waals surface area contributed by atoms with E-state index in [1.165, 1.54) is 27.8 Å². The van der Waals surface area contributed by atoms with E-state index in [1.54, 1.807) is 0 Å². The molecule has 0 N–H and O–H groups in total. The van der Waals surface area contributed by atoms with Crippen LogP contribution in [0.25, 0.3) is 22.4 Å². The summed E-state index contributed by atoms with van der Waals surface area (Å²) >= 11 is 0. The summed E-state index contributed by atoms with van der Waals surface area (Å²) in [5.41, 5.74) is 8.58. The zero-order valence-electron chi connectivity index (χ0n) is 12.2. The summed E-state index contributed by atoms with van der Waals surface area (Å²) in [6.07, 6.45) is 5.63. The molecule has 1 aromatic carbocycles. The largest absolute Gasteiger partial charge is 0.488 e. The molecular weight excluding hydrogens is 272 g/mol. The van der Waals surface area contributed by atoms with Crippen LogP contribution in [0.15, 0.2) is 48.9 Å². The van der Waals surface area contributed by atoms with Gasteiger partial charge in [-0.15, -0.1) is 0 Å². The highest BCUT2D eigenvalue weighted by atomic mass is 16.5. The zero-order valence-corrected chi connectivity index (χ0v) is 12.2. The fraction of sp³-hybridized carbons (Fsp3) is 0.158. The lowest BCUT2D eigenvalue weighted by atomic mass is 9.87. The first-order chi connectivity index (χ1) is 10.8. The van der Waals surface area contributed by atoms with Crippen LogP contribution in [0.1, 0.15) is 29.5 Å². The first-order valence-corrected chi connectivity index (χ1v) is 7.53. The molecule has 2 aliphatic rings. The molecule has 1 atom stereocenters. The highest BCUT2D eigenvalue weighted by molar-refractivity contribution is 5.89. The Morgan fingerprint density at radius 3 is 3.00 bits per heavy atom. The van der Waals surface area contributed by atoms with Crippen molar-refractivity contribution in [3.05, 3.63) is 65.6 Å². The monoisotopic (exact) mass is 286 g/mol. The van der Waals surface area contributed by atoms with Crippen molar-refractivity contribution in [3.63, 3.8) is 0 Å². The van der Waals surface area contributed by atoms with Crippen molar-refractivity contribution >= 4 is 0 Å². The van der Waals surface area contributed by atoms with Crippen LogP contribution >= 0.6 is 0 Å². The molecule has 3 nitrogen and oxygen atoms in total. The maximum absolute atomic E-state index is 5.96. The Morgan fingerprint density at radius 2 is 2.05 bits per heavy atom. The summed E-state index contributed by atoms with van der Waals surface area (Å²) in [6.45, 7) is 2.84. The minimum atomic E-state index is 0.330. The van der Waals surface area contributed by atoms with Gasteiger partial charge >= 0.3 is 0 Å². The molecule has 106 valence electrons. The summed E-state index contributed by atoms with van der Waals surface area (Å²) in [5, 5.41) is 0. The third-order valence-corrected chi connectivity index (χ3v) is 4.76. The van der Waals surface area contributed by atoms with Gasteiger partial charge in [-0.2, -0.15) is 0 Å². The van der Waals surface area contributed by atoms with E-state index >= 15 is 0 Å². The Kier molecular flexibility index (Phi) is 2.26. The van der Waals surface area contributed by atoms with E-state index in [0.717, 1.165) is 17.0 Å². The smallest absolute Gasteiger partial charge is 0.127 e. The number of hydrogen-bond acceptors (Lipinski definition) is 3. The molecule has 2 aromatic heterocycles. The van der Waals surface area contributed by atoms with E-state index in [9.17, 15) is 0 Å². The van der Waals surface area contributed by atoms with Gasteiger partial charge < -0.3 is 4.74 Å². The third-order valence-electron chi connectivity index (χ3n) is 4.76. The van der Waals surface area contributed by atoms with Crippen LogP contribution < -0.4 is 4.74 Å². The molecule has 3 aromatic rings. The molecule has 0 saturated carbocycles. The van der Waals surface area contributed by atoms with Crippen LogP contribution in [0.5, 0.6) is 5.75 Å². The number of aromatic nitrogens is 2. The molecule has 3 heteroatoms. The summed E-state index contributed by atoms with van der Waals surface area (Å²) in [6, 6.07) is 10.5. The Labute approximate surface area is 128 Å². The molecule has 0 spiro atoms. The Bertz CT molecular complexity index is 917. The summed E-state index contributed by atoms with van der Waals surface area (Å²) in [7, 11) is 0. The molecule has 5 rings (SSSR count). The topological polar surface area (TPSA) is 35.0 Å². The molecule has 22 heavy (non-hydrogen) atoms. The van der Waals surface area contributed by atoms with Crippen LogP contribution in [0.3, 0.4) is 0 Å². The van der Waals surface area contributed by atoms with Gasteiger partial charge in [0.25, 0.3) is 0 Å². The Balaban J connectivity index is 1.87. The summed E-state index contributed by atoms with van der Waals surface area (Å²) in [4.78, 5) is 8.83. The molecule has 3 heterocycles. The molecule has 0 radical (unpaired) electrons. The van der Waals surface area contributed by atoms with Crippen molar-refractivity contribution in [2.75, 3.05) is 0 Å². The van der Waals surface area contributed by atoms with Crippen molar-refractivity contribution in [2.45, 2.75) is 19.4 Å². The molecule has 0 bridgehead atoms. The van der Waals surface area contributed by atoms with E-state index in [1.807, 2.05) is 24.7 Å². The lowest BCUT2D eigenvalue weighted by molar-refractivity contribution is 0.301. The third kappa shape index (κ3) is 1.40. The van der Waals surface area contributed by atoms with Crippen LogP contribution in [-0.2, 0) is 6.61 Å². The van der Waals surface area contributed by atoms with Gasteiger partial charge in [0.05, 0.1) is 5.69 Å². The van der Waals surface area contributed by atoms with Crippen molar-refractivity contribution in [3.8, 4) is 28.1 Å². The Morgan fingerprint density at radius 1 is 1.09 bits per heavy atom. The predicted octanol–water partition coefficient (Wildman–Crippen LogP) is 4.17. The first-order valence-electron chi connectivity index (χ1n) is 7.53. The second-order valence-corrected chi connectivity index (χ2v) is 5.88. The van der Waals surface area contributed by atoms with Gasteiger partial charge in [-0.1, -0.05) is 13.0 Å². The number of nitrogens with zero attached hydrogens (tertiary/aromatic N) is 2. The van der Waals surface area contributed by atoms with E-state index in [-0.39, 0.29) is 0 Å². The van der Waals surface area contributed by atoms with E-state index < -0.39 is 0 Å². The average molecular weight is 286 g/mol. The van der Waals surface area contributed by atoms with Gasteiger partial charge in [-0.25, -0.2) is 0 Å². The fourth-order valence-electron chi connectivity index (χ4n) is 3.74. The summed E-state index contributed by atoms with van der Waals surface area (Å²) in [5.74, 6) is 1.30. The quantitative estimate of drug-likeness (QED) is 0.622. The molecular formula is C19H14N2O. The van der Waals surface area contributed by atoms with Crippen LogP contribution in [0.4, 0.5) is 0 Å². The van der Waals surface area contributed by atoms with Gasteiger partial charge in [-0.05, 0) is 41.0 Å². The van der Waals surface area contributed by atoms with Crippen LogP contribution in [0, 0.1) is 0 Å². The van der Waals surface area contributed by atoms with E-state index in [0.29, 0.717) is 12.5 Å². The maximum Gasteiger partial charge on any atom is 0.127 e. The minimum Gasteiger partial charge on any atom is -0.488 e. The van der Waals surface area contributed by atoms with Crippen LogP contribution in [-0.4, -0.2) is 9.97 Å². The van der Waals surface area contributed by atoms with E-state index in [2.05, 4.69) is 41.2 Å². The number of rotatable bonds is 0. The Hall–Kier alpha value is -2.68. The summed E-state index contributed by atoms with van der Waals surface area (Å²) < 4.78 is 5.96. The zero-order chi connectivity index (χ0) is 14.7. The van der Waals surface area contributed by atoms with Gasteiger partial charge in [-0.3, -0.25) is 9.97 Å². The SMILES string of the molecule is CC1c2cccnc2-c2ccc3c(c21)-c1ccncc1CO3. The number of hydrogen-bond donors (Lipinski definition) is 0. The van der Waals surface area contributed by atoms with Gasteiger partial charge in [0.15, 0.2) is 0 Å². The highest BCUT2D eigenvalue weighted by Crippen LogP contribution is 2.52. The lowest BCUT2D eigenvalue weighted by Crippen LogP contribution is -2.08. The second kappa shape index (κ2) is 4.17. The molecule has 0 saturated heterocycles. The predicted molar refractivity (Wildman–Crippen MR) is 84.8 cm³/mol. The molecule has 1 unspecified atom stereocenters. The van der Waals surface area contributed by atoms with Crippen molar-refractivity contribution in [1.82, 2.24) is 9.97 Å². The fourth-order valence-corrected chi connectivity index (χ4v) is 3.74. The molecule has 1 aliphatic heterocycles. The van der Waals surface area contributed by atoms with Crippen molar-refractivity contribution in [2.24, 2.45) is 0 Å². The highest BCUT2D eigenvalue weighted by Gasteiger charge is 2.32. The average Bonchev–Trinajstić information content (AvgIpc) is 2.88.